The predicted molar refractivity (Wildman–Crippen MR) is 104 cm³/mol. The molecule has 144 valence electrons. The minimum Gasteiger partial charge on any atom is -0.379 e. The second-order valence-electron chi connectivity index (χ2n) is 7.84. The van der Waals surface area contributed by atoms with Gasteiger partial charge in [-0.1, -0.05) is 30.3 Å². The van der Waals surface area contributed by atoms with Gasteiger partial charge in [-0.2, -0.15) is 0 Å². The molecule has 2 heterocycles. The number of carbonyl (C=O) groups is 1. The Bertz CT molecular complexity index is 560. The number of amides is 1. The Labute approximate surface area is 157 Å². The number of carbonyl (C=O) groups excluding carboxylic acids is 1. The van der Waals surface area contributed by atoms with Crippen molar-refractivity contribution in [3.8, 4) is 0 Å². The van der Waals surface area contributed by atoms with E-state index in [1.165, 1.54) is 18.4 Å². The second-order valence-corrected chi connectivity index (χ2v) is 7.84. The highest BCUT2D eigenvalue weighted by Crippen LogP contribution is 2.23. The van der Waals surface area contributed by atoms with Crippen LogP contribution in [0.4, 0.5) is 0 Å². The smallest absolute Gasteiger partial charge is 0.255 e. The Morgan fingerprint density at radius 2 is 2.00 bits per heavy atom. The third-order valence-corrected chi connectivity index (χ3v) is 5.75. The fourth-order valence-electron chi connectivity index (χ4n) is 4.13. The number of aliphatic hydroxyl groups is 1. The minimum atomic E-state index is -1.22. The van der Waals surface area contributed by atoms with Crippen molar-refractivity contribution < 1.29 is 9.90 Å². The Balaban J connectivity index is 1.43. The SMILES string of the molecule is O=C1N(CCCc2ccccc2)CCC[C@@]1(O)CNCC1CCNCC1. The van der Waals surface area contributed by atoms with Crippen molar-refractivity contribution >= 4 is 5.91 Å². The molecule has 2 fully saturated rings. The summed E-state index contributed by atoms with van der Waals surface area (Å²) >= 11 is 0. The molecule has 1 aromatic carbocycles. The standard InChI is InChI=1S/C21H33N3O2/c25-20-21(26,17-23-16-19-9-12-22-13-10-19)11-5-15-24(20)14-4-8-18-6-2-1-3-7-18/h1-3,6-7,19,22-23,26H,4-5,8-17H2/t21-/m1/s1. The van der Waals surface area contributed by atoms with Crippen LogP contribution in [0.15, 0.2) is 30.3 Å². The maximum absolute atomic E-state index is 12.8. The van der Waals surface area contributed by atoms with Gasteiger partial charge in [-0.15, -0.1) is 0 Å². The van der Waals surface area contributed by atoms with Gasteiger partial charge in [0.25, 0.3) is 5.91 Å². The number of piperidine rings is 2. The van der Waals surface area contributed by atoms with E-state index in [1.807, 2.05) is 23.1 Å². The van der Waals surface area contributed by atoms with E-state index >= 15 is 0 Å². The first-order valence-corrected chi connectivity index (χ1v) is 10.1. The summed E-state index contributed by atoms with van der Waals surface area (Å²) in [4.78, 5) is 14.7. The van der Waals surface area contributed by atoms with E-state index in [0.29, 0.717) is 18.9 Å². The molecule has 26 heavy (non-hydrogen) atoms. The number of hydrogen-bond donors (Lipinski definition) is 3. The highest BCUT2D eigenvalue weighted by Gasteiger charge is 2.41. The fourth-order valence-corrected chi connectivity index (χ4v) is 4.13. The van der Waals surface area contributed by atoms with Crippen LogP contribution in [0.25, 0.3) is 0 Å². The monoisotopic (exact) mass is 359 g/mol. The largest absolute Gasteiger partial charge is 0.379 e. The first-order chi connectivity index (χ1) is 12.7. The first kappa shape index (κ1) is 19.3. The molecular formula is C21H33N3O2. The van der Waals surface area contributed by atoms with Crippen LogP contribution in [0, 0.1) is 5.92 Å². The summed E-state index contributed by atoms with van der Waals surface area (Å²) in [5.41, 5.74) is 0.0774. The quantitative estimate of drug-likeness (QED) is 0.659. The number of nitrogens with one attached hydrogen (secondary N) is 2. The summed E-state index contributed by atoms with van der Waals surface area (Å²) in [6.07, 6.45) is 5.70. The number of hydrogen-bond acceptors (Lipinski definition) is 4. The second kappa shape index (κ2) is 9.49. The molecule has 0 unspecified atom stereocenters. The molecular weight excluding hydrogens is 326 g/mol. The summed E-state index contributed by atoms with van der Waals surface area (Å²) < 4.78 is 0. The van der Waals surface area contributed by atoms with Crippen molar-refractivity contribution in [1.82, 2.24) is 15.5 Å². The van der Waals surface area contributed by atoms with Crippen LogP contribution >= 0.6 is 0 Å². The van der Waals surface area contributed by atoms with Gasteiger partial charge in [-0.05, 0) is 69.6 Å². The number of likely N-dealkylation sites (tertiary alicyclic amines) is 1. The average Bonchev–Trinajstić information content (AvgIpc) is 2.67. The summed E-state index contributed by atoms with van der Waals surface area (Å²) in [7, 11) is 0. The molecule has 0 bridgehead atoms. The van der Waals surface area contributed by atoms with E-state index in [9.17, 15) is 9.90 Å². The first-order valence-electron chi connectivity index (χ1n) is 10.1. The van der Waals surface area contributed by atoms with Crippen LogP contribution in [0.1, 0.15) is 37.7 Å². The van der Waals surface area contributed by atoms with E-state index in [4.69, 9.17) is 0 Å². The van der Waals surface area contributed by atoms with Gasteiger partial charge in [0.15, 0.2) is 5.60 Å². The van der Waals surface area contributed by atoms with Crippen molar-refractivity contribution in [2.45, 2.75) is 44.1 Å². The van der Waals surface area contributed by atoms with Crippen LogP contribution in [0.3, 0.4) is 0 Å². The third-order valence-electron chi connectivity index (χ3n) is 5.75. The van der Waals surface area contributed by atoms with Gasteiger partial charge in [0.2, 0.25) is 0 Å². The van der Waals surface area contributed by atoms with Crippen molar-refractivity contribution in [3.63, 3.8) is 0 Å². The lowest BCUT2D eigenvalue weighted by Gasteiger charge is -2.38. The van der Waals surface area contributed by atoms with E-state index in [-0.39, 0.29) is 5.91 Å². The fraction of sp³-hybridized carbons (Fsp3) is 0.667. The van der Waals surface area contributed by atoms with Gasteiger partial charge in [-0.25, -0.2) is 0 Å². The number of aryl methyl sites for hydroxylation is 1. The van der Waals surface area contributed by atoms with Crippen molar-refractivity contribution in [2.75, 3.05) is 39.3 Å². The molecule has 0 aliphatic carbocycles. The van der Waals surface area contributed by atoms with E-state index in [1.54, 1.807) is 0 Å². The van der Waals surface area contributed by atoms with E-state index in [2.05, 4.69) is 22.8 Å². The van der Waals surface area contributed by atoms with Gasteiger partial charge in [0.1, 0.15) is 0 Å². The lowest BCUT2D eigenvalue weighted by Crippen LogP contribution is -2.58. The maximum Gasteiger partial charge on any atom is 0.255 e. The molecule has 3 rings (SSSR count). The maximum atomic E-state index is 12.8. The normalized spacial score (nSPS) is 24.8. The van der Waals surface area contributed by atoms with Crippen LogP contribution in [-0.4, -0.2) is 60.8 Å². The number of rotatable bonds is 8. The lowest BCUT2D eigenvalue weighted by atomic mass is 9.90. The highest BCUT2D eigenvalue weighted by atomic mass is 16.3. The highest BCUT2D eigenvalue weighted by molar-refractivity contribution is 5.86. The number of nitrogens with zero attached hydrogens (tertiary/aromatic N) is 1. The van der Waals surface area contributed by atoms with Crippen molar-refractivity contribution in [1.29, 1.82) is 0 Å². The molecule has 0 saturated carbocycles. The molecule has 2 aliphatic rings. The van der Waals surface area contributed by atoms with Crippen molar-refractivity contribution in [3.05, 3.63) is 35.9 Å². The van der Waals surface area contributed by atoms with Crippen LogP contribution < -0.4 is 10.6 Å². The van der Waals surface area contributed by atoms with Gasteiger partial charge >= 0.3 is 0 Å². The predicted octanol–water partition coefficient (Wildman–Crippen LogP) is 1.56. The number of benzene rings is 1. The molecule has 3 N–H and O–H groups in total. The lowest BCUT2D eigenvalue weighted by molar-refractivity contribution is -0.156. The average molecular weight is 360 g/mol. The molecule has 2 saturated heterocycles. The summed E-state index contributed by atoms with van der Waals surface area (Å²) in [5, 5.41) is 17.6. The topological polar surface area (TPSA) is 64.6 Å². The Morgan fingerprint density at radius 1 is 1.23 bits per heavy atom. The van der Waals surface area contributed by atoms with Crippen LogP contribution in [-0.2, 0) is 11.2 Å². The zero-order valence-electron chi connectivity index (χ0n) is 15.8. The Hall–Kier alpha value is -1.43. The van der Waals surface area contributed by atoms with Gasteiger partial charge < -0.3 is 20.6 Å². The minimum absolute atomic E-state index is 0.0883. The molecule has 5 heteroatoms. The molecule has 0 spiro atoms. The Morgan fingerprint density at radius 3 is 2.77 bits per heavy atom. The summed E-state index contributed by atoms with van der Waals surface area (Å²) in [5.74, 6) is 0.565. The molecule has 0 radical (unpaired) electrons. The van der Waals surface area contributed by atoms with Crippen LogP contribution in [0.2, 0.25) is 0 Å². The molecule has 1 atom stereocenters. The summed E-state index contributed by atoms with van der Waals surface area (Å²) in [6, 6.07) is 10.4. The summed E-state index contributed by atoms with van der Waals surface area (Å²) in [6.45, 7) is 4.92. The molecule has 1 amide bonds. The van der Waals surface area contributed by atoms with Gasteiger partial charge in [0, 0.05) is 19.6 Å². The van der Waals surface area contributed by atoms with Gasteiger partial charge in [0.05, 0.1) is 0 Å². The van der Waals surface area contributed by atoms with E-state index < -0.39 is 5.60 Å². The molecule has 0 aromatic heterocycles. The molecule has 2 aliphatic heterocycles. The van der Waals surface area contributed by atoms with Gasteiger partial charge in [-0.3, -0.25) is 4.79 Å². The third kappa shape index (κ3) is 5.29. The zero-order valence-corrected chi connectivity index (χ0v) is 15.8. The molecule has 1 aromatic rings. The zero-order chi connectivity index (χ0) is 18.2. The van der Waals surface area contributed by atoms with Crippen LogP contribution in [0.5, 0.6) is 0 Å². The van der Waals surface area contributed by atoms with Crippen molar-refractivity contribution in [2.24, 2.45) is 5.92 Å². The molecule has 5 nitrogen and oxygen atoms in total. The Kier molecular flexibility index (Phi) is 7.06. The van der Waals surface area contributed by atoms with E-state index in [0.717, 1.165) is 52.0 Å².